The van der Waals surface area contributed by atoms with Gasteiger partial charge in [-0.1, -0.05) is 47.6 Å². The minimum atomic E-state index is -0.0572. The van der Waals surface area contributed by atoms with E-state index in [2.05, 4.69) is 10.2 Å². The number of benzene rings is 2. The highest BCUT2D eigenvalue weighted by Gasteiger charge is 2.14. The van der Waals surface area contributed by atoms with Crippen LogP contribution in [0.25, 0.3) is 16.7 Å². The van der Waals surface area contributed by atoms with Gasteiger partial charge in [0, 0.05) is 17.7 Å². The Labute approximate surface area is 169 Å². The number of hydrogen-bond acceptors (Lipinski definition) is 5. The van der Waals surface area contributed by atoms with Gasteiger partial charge in [0.05, 0.1) is 15.9 Å². The lowest BCUT2D eigenvalue weighted by Crippen LogP contribution is -2.20. The normalized spacial score (nSPS) is 11.5. The zero-order valence-corrected chi connectivity index (χ0v) is 17.0. The van der Waals surface area contributed by atoms with Gasteiger partial charge in [-0.3, -0.25) is 13.8 Å². The third-order valence-corrected chi connectivity index (χ3v) is 6.83. The molecule has 27 heavy (non-hydrogen) atoms. The molecule has 4 aromatic rings. The van der Waals surface area contributed by atoms with Crippen molar-refractivity contribution in [2.24, 2.45) is 7.05 Å². The molecule has 0 amide bonds. The molecule has 4 rings (SSSR count). The third-order valence-electron chi connectivity index (χ3n) is 4.21. The van der Waals surface area contributed by atoms with Gasteiger partial charge >= 0.3 is 0 Å². The molecule has 0 saturated heterocycles. The first-order valence-corrected chi connectivity index (χ1v) is 10.8. The summed E-state index contributed by atoms with van der Waals surface area (Å²) >= 11 is 9.61. The summed E-state index contributed by atoms with van der Waals surface area (Å²) in [4.78, 5) is 13.6. The van der Waals surface area contributed by atoms with Crippen molar-refractivity contribution in [3.05, 3.63) is 63.9 Å². The summed E-state index contributed by atoms with van der Waals surface area (Å²) in [7, 11) is 1.73. The zero-order valence-electron chi connectivity index (χ0n) is 14.6. The molecular weight excluding hydrogens is 400 g/mol. The predicted molar refractivity (Wildman–Crippen MR) is 113 cm³/mol. The van der Waals surface area contributed by atoms with E-state index in [1.54, 1.807) is 35.1 Å². The van der Waals surface area contributed by atoms with Crippen molar-refractivity contribution >= 4 is 51.8 Å². The first-order chi connectivity index (χ1) is 13.2. The van der Waals surface area contributed by atoms with Gasteiger partial charge in [-0.2, -0.15) is 0 Å². The Morgan fingerprint density at radius 3 is 2.59 bits per heavy atom. The highest BCUT2D eigenvalue weighted by molar-refractivity contribution is 8.00. The number of nitrogens with zero attached hydrogens (tertiary/aromatic N) is 4. The number of halogens is 1. The van der Waals surface area contributed by atoms with Crippen LogP contribution in [-0.2, 0) is 7.05 Å². The van der Waals surface area contributed by atoms with Crippen molar-refractivity contribution in [3.63, 3.8) is 0 Å². The van der Waals surface area contributed by atoms with Crippen LogP contribution in [0.1, 0.15) is 6.42 Å². The van der Waals surface area contributed by atoms with E-state index in [4.69, 9.17) is 11.6 Å². The molecule has 2 aromatic heterocycles. The predicted octanol–water partition coefficient (Wildman–Crippen LogP) is 4.51. The number of para-hydroxylation sites is 1. The highest BCUT2D eigenvalue weighted by atomic mass is 35.5. The second-order valence-corrected chi connectivity index (χ2v) is 8.59. The van der Waals surface area contributed by atoms with Crippen LogP contribution in [-0.4, -0.2) is 30.7 Å². The largest absolute Gasteiger partial charge is 0.279 e. The lowest BCUT2D eigenvalue weighted by molar-refractivity contribution is 0.853. The van der Waals surface area contributed by atoms with Gasteiger partial charge in [0.25, 0.3) is 5.56 Å². The van der Waals surface area contributed by atoms with E-state index >= 15 is 0 Å². The van der Waals surface area contributed by atoms with Crippen LogP contribution in [0.4, 0.5) is 0 Å². The van der Waals surface area contributed by atoms with Crippen molar-refractivity contribution in [1.82, 2.24) is 19.2 Å². The van der Waals surface area contributed by atoms with Crippen LogP contribution in [0.15, 0.2) is 63.4 Å². The van der Waals surface area contributed by atoms with Gasteiger partial charge in [-0.25, -0.2) is 0 Å². The molecule has 138 valence electrons. The third kappa shape index (κ3) is 3.59. The van der Waals surface area contributed by atoms with Gasteiger partial charge < -0.3 is 0 Å². The number of hydrogen-bond donors (Lipinski definition) is 0. The maximum absolute atomic E-state index is 12.5. The monoisotopic (exact) mass is 416 g/mol. The maximum atomic E-state index is 12.5. The van der Waals surface area contributed by atoms with E-state index in [0.29, 0.717) is 11.2 Å². The molecule has 0 unspecified atom stereocenters. The molecule has 0 fully saturated rings. The Balaban J connectivity index is 1.50. The van der Waals surface area contributed by atoms with E-state index in [1.165, 1.54) is 0 Å². The fraction of sp³-hybridized carbons (Fsp3) is 0.211. The highest BCUT2D eigenvalue weighted by Crippen LogP contribution is 2.28. The Morgan fingerprint density at radius 1 is 1.00 bits per heavy atom. The van der Waals surface area contributed by atoms with Gasteiger partial charge in [-0.05, 0) is 36.4 Å². The molecule has 2 aromatic carbocycles. The fourth-order valence-electron chi connectivity index (χ4n) is 2.87. The minimum absolute atomic E-state index is 0.0572. The molecule has 0 N–H and O–H groups in total. The van der Waals surface area contributed by atoms with Crippen molar-refractivity contribution in [1.29, 1.82) is 0 Å². The number of aromatic nitrogens is 4. The molecule has 0 aliphatic rings. The summed E-state index contributed by atoms with van der Waals surface area (Å²) in [5, 5.41) is 10.8. The van der Waals surface area contributed by atoms with E-state index in [1.807, 2.05) is 52.9 Å². The minimum Gasteiger partial charge on any atom is -0.279 e. The van der Waals surface area contributed by atoms with Crippen LogP contribution in [0.2, 0.25) is 5.02 Å². The average molecular weight is 417 g/mol. The standard InChI is InChI=1S/C19H17ClN4OS2/c1-23-17(25)13-7-2-4-9-15(13)24-18(23)21-22-19(24)27-12-6-11-26-16-10-5-3-8-14(16)20/h2-5,7-10H,6,11-12H2,1H3. The van der Waals surface area contributed by atoms with Gasteiger partial charge in [0.2, 0.25) is 5.78 Å². The molecule has 0 radical (unpaired) electrons. The first kappa shape index (κ1) is 18.4. The molecule has 0 aliphatic heterocycles. The summed E-state index contributed by atoms with van der Waals surface area (Å²) < 4.78 is 3.51. The molecular formula is C19H17ClN4OS2. The van der Waals surface area contributed by atoms with E-state index in [-0.39, 0.29) is 5.56 Å². The van der Waals surface area contributed by atoms with Crippen molar-refractivity contribution in [2.75, 3.05) is 11.5 Å². The van der Waals surface area contributed by atoms with Crippen LogP contribution in [0.3, 0.4) is 0 Å². The quantitative estimate of drug-likeness (QED) is 0.342. The molecule has 5 nitrogen and oxygen atoms in total. The second-order valence-electron chi connectivity index (χ2n) is 5.98. The Morgan fingerprint density at radius 2 is 1.74 bits per heavy atom. The molecule has 2 heterocycles. The van der Waals surface area contributed by atoms with Gasteiger partial charge in [0.1, 0.15) is 0 Å². The maximum Gasteiger partial charge on any atom is 0.262 e. The summed E-state index contributed by atoms with van der Waals surface area (Å²) in [5.41, 5.74) is 0.784. The van der Waals surface area contributed by atoms with Crippen LogP contribution in [0, 0.1) is 0 Å². The van der Waals surface area contributed by atoms with Crippen molar-refractivity contribution < 1.29 is 0 Å². The van der Waals surface area contributed by atoms with Crippen LogP contribution in [0.5, 0.6) is 0 Å². The van der Waals surface area contributed by atoms with Crippen LogP contribution < -0.4 is 5.56 Å². The van der Waals surface area contributed by atoms with Crippen LogP contribution >= 0.6 is 35.1 Å². The molecule has 8 heteroatoms. The molecule has 0 atom stereocenters. The smallest absolute Gasteiger partial charge is 0.262 e. The summed E-state index contributed by atoms with van der Waals surface area (Å²) in [6, 6.07) is 15.5. The Hall–Kier alpha value is -1.96. The number of thioether (sulfide) groups is 2. The topological polar surface area (TPSA) is 52.2 Å². The van der Waals surface area contributed by atoms with E-state index < -0.39 is 0 Å². The first-order valence-electron chi connectivity index (χ1n) is 8.50. The van der Waals surface area contributed by atoms with Crippen molar-refractivity contribution in [3.8, 4) is 0 Å². The van der Waals surface area contributed by atoms with Gasteiger partial charge in [-0.15, -0.1) is 22.0 Å². The fourth-order valence-corrected chi connectivity index (χ4v) is 5.12. The summed E-state index contributed by atoms with van der Waals surface area (Å²) in [6.07, 6.45) is 1.01. The van der Waals surface area contributed by atoms with Gasteiger partial charge in [0.15, 0.2) is 5.16 Å². The lowest BCUT2D eigenvalue weighted by atomic mass is 10.2. The van der Waals surface area contributed by atoms with E-state index in [9.17, 15) is 4.79 Å². The van der Waals surface area contributed by atoms with E-state index in [0.717, 1.165) is 38.5 Å². The van der Waals surface area contributed by atoms with Crippen molar-refractivity contribution in [2.45, 2.75) is 16.5 Å². The Kier molecular flexibility index (Phi) is 5.43. The average Bonchev–Trinajstić information content (AvgIpc) is 3.11. The number of rotatable bonds is 6. The zero-order chi connectivity index (χ0) is 18.8. The molecule has 0 saturated carbocycles. The lowest BCUT2D eigenvalue weighted by Gasteiger charge is -2.07. The summed E-state index contributed by atoms with van der Waals surface area (Å²) in [5.74, 6) is 2.45. The number of aryl methyl sites for hydroxylation is 1. The molecule has 0 aliphatic carbocycles. The molecule has 0 spiro atoms. The SMILES string of the molecule is Cn1c(=O)c2ccccc2n2c(SCCCSc3ccccc3Cl)nnc12. The second kappa shape index (κ2) is 7.96. The Bertz CT molecular complexity index is 1170. The number of fused-ring (bicyclic) bond motifs is 3. The summed E-state index contributed by atoms with van der Waals surface area (Å²) in [6.45, 7) is 0. The molecule has 0 bridgehead atoms.